The monoisotopic (exact) mass is 366 g/mol. The van der Waals surface area contributed by atoms with Gasteiger partial charge in [0.05, 0.1) is 6.21 Å². The van der Waals surface area contributed by atoms with Crippen molar-refractivity contribution in [2.45, 2.75) is 9.79 Å². The van der Waals surface area contributed by atoms with Crippen LogP contribution in [0.15, 0.2) is 93.8 Å². The second-order valence-corrected chi connectivity index (χ2v) is 6.77. The maximum atomic E-state index is 11.9. The molecular weight excluding hydrogens is 352 g/mol. The molecule has 3 nitrogen and oxygen atoms in total. The van der Waals surface area contributed by atoms with E-state index < -0.39 is 0 Å². The zero-order chi connectivity index (χ0) is 17.5. The molecular formula is C20H15ClN2OS. The average molecular weight is 367 g/mol. The molecule has 0 radical (unpaired) electrons. The van der Waals surface area contributed by atoms with E-state index in [1.165, 1.54) is 0 Å². The normalized spacial score (nSPS) is 10.8. The Balaban J connectivity index is 1.57. The van der Waals surface area contributed by atoms with Gasteiger partial charge in [0.15, 0.2) is 0 Å². The fraction of sp³-hybridized carbons (Fsp3) is 0. The Kier molecular flexibility index (Phi) is 5.88. The van der Waals surface area contributed by atoms with Crippen molar-refractivity contribution in [3.63, 3.8) is 0 Å². The summed E-state index contributed by atoms with van der Waals surface area (Å²) in [5.41, 5.74) is 4.01. The zero-order valence-corrected chi connectivity index (χ0v) is 14.8. The molecule has 0 aliphatic heterocycles. The van der Waals surface area contributed by atoms with Crippen molar-refractivity contribution in [2.24, 2.45) is 5.10 Å². The molecule has 0 aromatic heterocycles. The number of nitrogens with zero attached hydrogens (tertiary/aromatic N) is 1. The highest BCUT2D eigenvalue weighted by atomic mass is 35.5. The largest absolute Gasteiger partial charge is 0.271 e. The van der Waals surface area contributed by atoms with Gasteiger partial charge in [-0.15, -0.1) is 0 Å². The van der Waals surface area contributed by atoms with Gasteiger partial charge in [0.1, 0.15) is 0 Å². The summed E-state index contributed by atoms with van der Waals surface area (Å²) in [7, 11) is 0. The van der Waals surface area contributed by atoms with Crippen LogP contribution in [-0.2, 0) is 0 Å². The lowest BCUT2D eigenvalue weighted by Gasteiger charge is -2.02. The minimum absolute atomic E-state index is 0.230. The first-order valence-corrected chi connectivity index (χ1v) is 8.82. The van der Waals surface area contributed by atoms with E-state index in [-0.39, 0.29) is 5.91 Å². The summed E-state index contributed by atoms with van der Waals surface area (Å²) in [5, 5.41) is 4.73. The number of hydrogen-bond donors (Lipinski definition) is 1. The molecule has 0 spiro atoms. The zero-order valence-electron chi connectivity index (χ0n) is 13.2. The van der Waals surface area contributed by atoms with Crippen molar-refractivity contribution < 1.29 is 4.79 Å². The molecule has 124 valence electrons. The number of nitrogens with one attached hydrogen (secondary N) is 1. The van der Waals surface area contributed by atoms with Gasteiger partial charge >= 0.3 is 0 Å². The van der Waals surface area contributed by atoms with Crippen LogP contribution >= 0.6 is 23.4 Å². The van der Waals surface area contributed by atoms with Gasteiger partial charge < -0.3 is 0 Å². The molecule has 0 saturated heterocycles. The number of rotatable bonds is 5. The molecule has 0 bridgehead atoms. The van der Waals surface area contributed by atoms with Crippen LogP contribution in [0.3, 0.4) is 0 Å². The van der Waals surface area contributed by atoms with Gasteiger partial charge in [0.2, 0.25) is 0 Å². The summed E-state index contributed by atoms with van der Waals surface area (Å²) >= 11 is 7.55. The third kappa shape index (κ3) is 5.21. The predicted molar refractivity (Wildman–Crippen MR) is 104 cm³/mol. The Morgan fingerprint density at radius 3 is 2.12 bits per heavy atom. The first-order valence-electron chi connectivity index (χ1n) is 7.63. The Morgan fingerprint density at radius 1 is 0.880 bits per heavy atom. The van der Waals surface area contributed by atoms with E-state index in [0.717, 1.165) is 20.4 Å². The Labute approximate surface area is 155 Å². The molecule has 1 N–H and O–H groups in total. The molecule has 0 aliphatic rings. The van der Waals surface area contributed by atoms with E-state index in [4.69, 9.17) is 11.6 Å². The number of carbonyl (C=O) groups excluding carboxylic acids is 1. The van der Waals surface area contributed by atoms with Gasteiger partial charge in [0, 0.05) is 20.4 Å². The first-order chi connectivity index (χ1) is 12.2. The molecule has 0 atom stereocenters. The van der Waals surface area contributed by atoms with Crippen molar-refractivity contribution in [1.29, 1.82) is 0 Å². The molecule has 0 heterocycles. The lowest BCUT2D eigenvalue weighted by atomic mass is 10.2. The Hall–Kier alpha value is -2.56. The van der Waals surface area contributed by atoms with Gasteiger partial charge in [0.25, 0.3) is 5.91 Å². The van der Waals surface area contributed by atoms with Crippen LogP contribution in [0.2, 0.25) is 5.02 Å². The summed E-state index contributed by atoms with van der Waals surface area (Å²) in [5.74, 6) is -0.230. The fourth-order valence-electron chi connectivity index (χ4n) is 2.08. The summed E-state index contributed by atoms with van der Waals surface area (Å²) in [6.07, 6.45) is 1.62. The highest BCUT2D eigenvalue weighted by Crippen LogP contribution is 2.28. The Bertz CT molecular complexity index is 862. The Morgan fingerprint density at radius 2 is 1.48 bits per heavy atom. The van der Waals surface area contributed by atoms with E-state index in [1.54, 1.807) is 30.1 Å². The molecule has 0 unspecified atom stereocenters. The molecule has 3 aromatic carbocycles. The van der Waals surface area contributed by atoms with E-state index in [2.05, 4.69) is 10.5 Å². The average Bonchev–Trinajstić information content (AvgIpc) is 2.66. The van der Waals surface area contributed by atoms with Crippen molar-refractivity contribution in [1.82, 2.24) is 5.43 Å². The van der Waals surface area contributed by atoms with Crippen LogP contribution in [0.25, 0.3) is 0 Å². The quantitative estimate of drug-likeness (QED) is 0.494. The number of halogens is 1. The summed E-state index contributed by atoms with van der Waals surface area (Å²) in [6, 6.07) is 24.6. The van der Waals surface area contributed by atoms with Gasteiger partial charge in [-0.05, 0) is 54.1 Å². The van der Waals surface area contributed by atoms with Gasteiger partial charge in [-0.1, -0.05) is 53.7 Å². The standard InChI is InChI=1S/C20H15ClN2OS/c21-17-8-12-19(13-9-17)25-18-10-6-15(7-11-18)14-22-23-20(24)16-4-2-1-3-5-16/h1-14H,(H,23,24)/b22-14+. The second kappa shape index (κ2) is 8.51. The first kappa shape index (κ1) is 17.3. The van der Waals surface area contributed by atoms with Crippen LogP contribution in [-0.4, -0.2) is 12.1 Å². The summed E-state index contributed by atoms with van der Waals surface area (Å²) < 4.78 is 0. The number of hydrogen-bond acceptors (Lipinski definition) is 3. The van der Waals surface area contributed by atoms with Gasteiger partial charge in [-0.2, -0.15) is 5.10 Å². The van der Waals surface area contributed by atoms with Crippen LogP contribution in [0.4, 0.5) is 0 Å². The number of hydrazone groups is 1. The molecule has 0 fully saturated rings. The van der Waals surface area contributed by atoms with Crippen LogP contribution in [0, 0.1) is 0 Å². The van der Waals surface area contributed by atoms with Crippen LogP contribution in [0.1, 0.15) is 15.9 Å². The summed E-state index contributed by atoms with van der Waals surface area (Å²) in [4.78, 5) is 14.1. The maximum absolute atomic E-state index is 11.9. The molecule has 3 aromatic rings. The van der Waals surface area contributed by atoms with Crippen LogP contribution in [0.5, 0.6) is 0 Å². The van der Waals surface area contributed by atoms with Crippen molar-refractivity contribution in [3.8, 4) is 0 Å². The van der Waals surface area contributed by atoms with E-state index >= 15 is 0 Å². The predicted octanol–water partition coefficient (Wildman–Crippen LogP) is 5.26. The van der Waals surface area contributed by atoms with E-state index in [9.17, 15) is 4.79 Å². The highest BCUT2D eigenvalue weighted by molar-refractivity contribution is 7.99. The molecule has 25 heavy (non-hydrogen) atoms. The van der Waals surface area contributed by atoms with Crippen molar-refractivity contribution in [2.75, 3.05) is 0 Å². The van der Waals surface area contributed by atoms with Gasteiger partial charge in [-0.3, -0.25) is 4.79 Å². The smallest absolute Gasteiger partial charge is 0.267 e. The minimum atomic E-state index is -0.230. The lowest BCUT2D eigenvalue weighted by molar-refractivity contribution is 0.0955. The number of amides is 1. The number of carbonyl (C=O) groups is 1. The molecule has 0 saturated carbocycles. The maximum Gasteiger partial charge on any atom is 0.271 e. The third-order valence-corrected chi connectivity index (χ3v) is 4.61. The lowest BCUT2D eigenvalue weighted by Crippen LogP contribution is -2.17. The van der Waals surface area contributed by atoms with Crippen LogP contribution < -0.4 is 5.43 Å². The van der Waals surface area contributed by atoms with E-state index in [1.807, 2.05) is 66.7 Å². The topological polar surface area (TPSA) is 41.5 Å². The highest BCUT2D eigenvalue weighted by Gasteiger charge is 2.01. The summed E-state index contributed by atoms with van der Waals surface area (Å²) in [6.45, 7) is 0. The van der Waals surface area contributed by atoms with Crippen molar-refractivity contribution in [3.05, 3.63) is 95.0 Å². The van der Waals surface area contributed by atoms with Crippen molar-refractivity contribution >= 4 is 35.5 Å². The molecule has 1 amide bonds. The molecule has 0 aliphatic carbocycles. The minimum Gasteiger partial charge on any atom is -0.267 e. The molecule has 3 rings (SSSR count). The third-order valence-electron chi connectivity index (χ3n) is 3.35. The van der Waals surface area contributed by atoms with E-state index in [0.29, 0.717) is 5.56 Å². The number of benzene rings is 3. The SMILES string of the molecule is O=C(N/N=C/c1ccc(Sc2ccc(Cl)cc2)cc1)c1ccccc1. The second-order valence-electron chi connectivity index (χ2n) is 5.19. The van der Waals surface area contributed by atoms with Gasteiger partial charge in [-0.25, -0.2) is 5.43 Å². The fourth-order valence-corrected chi connectivity index (χ4v) is 3.02. The molecule has 5 heteroatoms.